The third-order valence-corrected chi connectivity index (χ3v) is 3.20. The minimum atomic E-state index is -1.18. The molecule has 0 aliphatic carbocycles. The molecule has 1 unspecified atom stereocenters. The van der Waals surface area contributed by atoms with Crippen LogP contribution in [0, 0.1) is 5.82 Å². The number of benzene rings is 1. The number of halogens is 3. The van der Waals surface area contributed by atoms with E-state index in [4.69, 9.17) is 23.2 Å². The molecule has 1 aromatic carbocycles. The van der Waals surface area contributed by atoms with Crippen LogP contribution in [0.3, 0.4) is 0 Å². The third kappa shape index (κ3) is 3.29. The Balaban J connectivity index is 2.36. The molecule has 4 nitrogen and oxygen atoms in total. The minimum absolute atomic E-state index is 0.355. The van der Waals surface area contributed by atoms with Crippen molar-refractivity contribution in [3.8, 4) is 0 Å². The number of amides is 1. The zero-order valence-corrected chi connectivity index (χ0v) is 12.1. The highest BCUT2D eigenvalue weighted by atomic mass is 35.5. The monoisotopic (exact) mass is 315 g/mol. The molecule has 2 aromatic rings. The summed E-state index contributed by atoms with van der Waals surface area (Å²) in [5.41, 5.74) is 0.683. The number of nitrogens with one attached hydrogen (secondary N) is 1. The summed E-state index contributed by atoms with van der Waals surface area (Å²) >= 11 is 11.1. The van der Waals surface area contributed by atoms with Gasteiger partial charge in [0.15, 0.2) is 4.84 Å². The van der Waals surface area contributed by atoms with Gasteiger partial charge in [0.05, 0.1) is 0 Å². The lowest BCUT2D eigenvalue weighted by Gasteiger charge is -2.19. The molecular weight excluding hydrogens is 304 g/mol. The lowest BCUT2D eigenvalue weighted by atomic mass is 10.1. The maximum Gasteiger partial charge on any atom is 0.254 e. The van der Waals surface area contributed by atoms with Crippen molar-refractivity contribution in [1.82, 2.24) is 14.9 Å². The molecule has 0 spiro atoms. The molecule has 0 bridgehead atoms. The second-order valence-corrected chi connectivity index (χ2v) is 5.29. The van der Waals surface area contributed by atoms with E-state index in [2.05, 4.69) is 10.3 Å². The summed E-state index contributed by atoms with van der Waals surface area (Å²) in [6.07, 6.45) is 3.35. The molecule has 7 heteroatoms. The van der Waals surface area contributed by atoms with Crippen molar-refractivity contribution in [2.24, 2.45) is 7.05 Å². The van der Waals surface area contributed by atoms with Gasteiger partial charge in [0.2, 0.25) is 0 Å². The molecule has 0 saturated heterocycles. The third-order valence-electron chi connectivity index (χ3n) is 2.80. The van der Waals surface area contributed by atoms with Crippen LogP contribution in [-0.4, -0.2) is 20.3 Å². The van der Waals surface area contributed by atoms with Gasteiger partial charge in [-0.3, -0.25) is 4.79 Å². The number of carbonyl (C=O) groups excluding carboxylic acids is 1. The van der Waals surface area contributed by atoms with Crippen LogP contribution in [-0.2, 0) is 11.8 Å². The topological polar surface area (TPSA) is 46.9 Å². The van der Waals surface area contributed by atoms with Crippen molar-refractivity contribution < 1.29 is 9.18 Å². The number of aromatic nitrogens is 2. The summed E-state index contributed by atoms with van der Waals surface area (Å²) in [6.45, 7) is 0. The highest BCUT2D eigenvalue weighted by Gasteiger charge is 2.23. The van der Waals surface area contributed by atoms with Gasteiger partial charge in [-0.2, -0.15) is 0 Å². The van der Waals surface area contributed by atoms with Gasteiger partial charge in [-0.15, -0.1) is 0 Å². The summed E-state index contributed by atoms with van der Waals surface area (Å²) in [6, 6.07) is 5.23. The molecule has 2 rings (SSSR count). The first-order valence-corrected chi connectivity index (χ1v) is 6.67. The van der Waals surface area contributed by atoms with Crippen molar-refractivity contribution >= 4 is 29.1 Å². The normalized spacial score (nSPS) is 12.4. The predicted octanol–water partition coefficient (Wildman–Crippen LogP) is 2.57. The zero-order chi connectivity index (χ0) is 14.7. The molecule has 1 amide bonds. The number of carbonyl (C=O) groups is 1. The average molecular weight is 316 g/mol. The zero-order valence-electron chi connectivity index (χ0n) is 10.6. The van der Waals surface area contributed by atoms with E-state index in [0.29, 0.717) is 11.4 Å². The minimum Gasteiger partial charge on any atom is -0.340 e. The standard InChI is InChI=1S/C13H12Cl2FN3O/c1-19-7-6-17-12(19)10(18-13(20)11(14)15)8-2-4-9(16)5-3-8/h2-7,10-11H,1H3,(H,18,20). The van der Waals surface area contributed by atoms with Crippen molar-refractivity contribution in [3.05, 3.63) is 53.9 Å². The van der Waals surface area contributed by atoms with Crippen LogP contribution in [0.15, 0.2) is 36.7 Å². The van der Waals surface area contributed by atoms with E-state index in [1.165, 1.54) is 12.1 Å². The summed E-state index contributed by atoms with van der Waals surface area (Å²) in [7, 11) is 1.80. The van der Waals surface area contributed by atoms with Crippen molar-refractivity contribution in [2.45, 2.75) is 10.9 Å². The van der Waals surface area contributed by atoms with Crippen molar-refractivity contribution in [2.75, 3.05) is 0 Å². The second-order valence-electron chi connectivity index (χ2n) is 4.19. The molecular formula is C13H12Cl2FN3O. The van der Waals surface area contributed by atoms with Gasteiger partial charge in [-0.1, -0.05) is 35.3 Å². The number of hydrogen-bond donors (Lipinski definition) is 1. The molecule has 0 radical (unpaired) electrons. The van der Waals surface area contributed by atoms with E-state index >= 15 is 0 Å². The molecule has 1 N–H and O–H groups in total. The van der Waals surface area contributed by atoms with E-state index in [-0.39, 0.29) is 5.82 Å². The Hall–Kier alpha value is -1.59. The number of imidazole rings is 1. The van der Waals surface area contributed by atoms with Crippen molar-refractivity contribution in [3.63, 3.8) is 0 Å². The summed E-state index contributed by atoms with van der Waals surface area (Å²) in [5, 5.41) is 2.69. The van der Waals surface area contributed by atoms with Gasteiger partial charge in [0.1, 0.15) is 17.7 Å². The Morgan fingerprint density at radius 2 is 2.00 bits per heavy atom. The molecule has 1 heterocycles. The van der Waals surface area contributed by atoms with E-state index in [9.17, 15) is 9.18 Å². The summed E-state index contributed by atoms with van der Waals surface area (Å²) in [5.74, 6) is -0.296. The van der Waals surface area contributed by atoms with E-state index in [1.54, 1.807) is 36.1 Å². The van der Waals surface area contributed by atoms with Crippen LogP contribution in [0.4, 0.5) is 4.39 Å². The van der Waals surface area contributed by atoms with Gasteiger partial charge < -0.3 is 9.88 Å². The predicted molar refractivity (Wildman–Crippen MR) is 75.1 cm³/mol. The largest absolute Gasteiger partial charge is 0.340 e. The van der Waals surface area contributed by atoms with Crippen LogP contribution in [0.25, 0.3) is 0 Å². The van der Waals surface area contributed by atoms with Crippen LogP contribution < -0.4 is 5.32 Å². The highest BCUT2D eigenvalue weighted by molar-refractivity contribution is 6.53. The first kappa shape index (κ1) is 14.8. The molecule has 0 fully saturated rings. The SMILES string of the molecule is Cn1ccnc1C(NC(=O)C(Cl)Cl)c1ccc(F)cc1. The molecule has 1 aromatic heterocycles. The average Bonchev–Trinajstić information content (AvgIpc) is 2.83. The lowest BCUT2D eigenvalue weighted by molar-refractivity contribution is -0.120. The first-order valence-electron chi connectivity index (χ1n) is 5.80. The van der Waals surface area contributed by atoms with Gasteiger partial charge in [0, 0.05) is 19.4 Å². The van der Waals surface area contributed by atoms with Crippen LogP contribution in [0.2, 0.25) is 0 Å². The lowest BCUT2D eigenvalue weighted by Crippen LogP contribution is -2.34. The smallest absolute Gasteiger partial charge is 0.254 e. The van der Waals surface area contributed by atoms with E-state index in [0.717, 1.165) is 0 Å². The number of nitrogens with zero attached hydrogens (tertiary/aromatic N) is 2. The number of aryl methyl sites for hydroxylation is 1. The number of alkyl halides is 2. The van der Waals surface area contributed by atoms with Crippen molar-refractivity contribution in [1.29, 1.82) is 0 Å². The Labute approximate surface area is 125 Å². The van der Waals surface area contributed by atoms with E-state index < -0.39 is 16.8 Å². The second kappa shape index (κ2) is 6.24. The molecule has 0 aliphatic rings. The molecule has 106 valence electrons. The fourth-order valence-corrected chi connectivity index (χ4v) is 1.94. The highest BCUT2D eigenvalue weighted by Crippen LogP contribution is 2.21. The van der Waals surface area contributed by atoms with Gasteiger partial charge in [-0.25, -0.2) is 9.37 Å². The number of hydrogen-bond acceptors (Lipinski definition) is 2. The molecule has 20 heavy (non-hydrogen) atoms. The van der Waals surface area contributed by atoms with Gasteiger partial charge in [0.25, 0.3) is 5.91 Å². The fraction of sp³-hybridized carbons (Fsp3) is 0.231. The fourth-order valence-electron chi connectivity index (χ4n) is 1.81. The van der Waals surface area contributed by atoms with Crippen LogP contribution in [0.5, 0.6) is 0 Å². The Morgan fingerprint density at radius 1 is 1.35 bits per heavy atom. The maximum atomic E-state index is 13.0. The number of rotatable bonds is 4. The Morgan fingerprint density at radius 3 is 2.50 bits per heavy atom. The molecule has 1 atom stereocenters. The quantitative estimate of drug-likeness (QED) is 0.881. The van der Waals surface area contributed by atoms with E-state index in [1.807, 2.05) is 0 Å². The maximum absolute atomic E-state index is 13.0. The molecule has 0 saturated carbocycles. The van der Waals surface area contributed by atoms with Gasteiger partial charge >= 0.3 is 0 Å². The summed E-state index contributed by atoms with van der Waals surface area (Å²) < 4.78 is 14.8. The van der Waals surface area contributed by atoms with Crippen LogP contribution >= 0.6 is 23.2 Å². The first-order chi connectivity index (χ1) is 9.49. The summed E-state index contributed by atoms with van der Waals surface area (Å²) in [4.78, 5) is 14.7. The Kier molecular flexibility index (Phi) is 4.62. The van der Waals surface area contributed by atoms with Crippen LogP contribution in [0.1, 0.15) is 17.4 Å². The molecule has 0 aliphatic heterocycles. The Bertz CT molecular complexity index is 598. The van der Waals surface area contributed by atoms with Gasteiger partial charge in [-0.05, 0) is 17.7 Å².